The molecule has 0 aliphatic carbocycles. The van der Waals surface area contributed by atoms with E-state index >= 15 is 0 Å². The van der Waals surface area contributed by atoms with Crippen molar-refractivity contribution in [1.29, 1.82) is 0 Å². The SMILES string of the molecule is CNc1nnc(SCC(=O)Nc2ccc(OC)c(OC)c2)s1. The molecule has 0 aliphatic rings. The molecule has 1 aromatic heterocycles. The number of aromatic nitrogens is 2. The molecule has 0 aliphatic heterocycles. The Kier molecular flexibility index (Phi) is 5.84. The highest BCUT2D eigenvalue weighted by Crippen LogP contribution is 2.30. The maximum Gasteiger partial charge on any atom is 0.234 e. The minimum absolute atomic E-state index is 0.126. The summed E-state index contributed by atoms with van der Waals surface area (Å²) in [5, 5.41) is 14.3. The van der Waals surface area contributed by atoms with E-state index in [-0.39, 0.29) is 11.7 Å². The Morgan fingerprint density at radius 1 is 1.27 bits per heavy atom. The number of thioether (sulfide) groups is 1. The molecule has 118 valence electrons. The lowest BCUT2D eigenvalue weighted by molar-refractivity contribution is -0.113. The van der Waals surface area contributed by atoms with Crippen LogP contribution in [0.25, 0.3) is 0 Å². The highest BCUT2D eigenvalue weighted by atomic mass is 32.2. The summed E-state index contributed by atoms with van der Waals surface area (Å²) in [5.41, 5.74) is 0.649. The maximum atomic E-state index is 12.0. The smallest absolute Gasteiger partial charge is 0.234 e. The number of rotatable bonds is 7. The van der Waals surface area contributed by atoms with Crippen molar-refractivity contribution in [2.24, 2.45) is 0 Å². The number of nitrogens with zero attached hydrogens (tertiary/aromatic N) is 2. The number of benzene rings is 1. The van der Waals surface area contributed by atoms with E-state index in [2.05, 4.69) is 20.8 Å². The van der Waals surface area contributed by atoms with Crippen LogP contribution in [0.3, 0.4) is 0 Å². The van der Waals surface area contributed by atoms with Crippen LogP contribution in [-0.2, 0) is 4.79 Å². The lowest BCUT2D eigenvalue weighted by atomic mass is 10.2. The molecule has 1 amide bonds. The second kappa shape index (κ2) is 7.85. The van der Waals surface area contributed by atoms with Crippen molar-refractivity contribution in [3.63, 3.8) is 0 Å². The Bertz CT molecular complexity index is 648. The Hall–Kier alpha value is -2.00. The minimum Gasteiger partial charge on any atom is -0.493 e. The van der Waals surface area contributed by atoms with E-state index in [1.54, 1.807) is 39.5 Å². The molecule has 1 heterocycles. The van der Waals surface area contributed by atoms with Crippen molar-refractivity contribution in [2.75, 3.05) is 37.7 Å². The van der Waals surface area contributed by atoms with Gasteiger partial charge in [0.15, 0.2) is 15.8 Å². The fourth-order valence-corrected chi connectivity index (χ4v) is 3.11. The maximum absolute atomic E-state index is 12.0. The van der Waals surface area contributed by atoms with Gasteiger partial charge in [0.2, 0.25) is 11.0 Å². The minimum atomic E-state index is -0.126. The Morgan fingerprint density at radius 3 is 2.68 bits per heavy atom. The van der Waals surface area contributed by atoms with Gasteiger partial charge in [-0.2, -0.15) is 0 Å². The average molecular weight is 340 g/mol. The first-order chi connectivity index (χ1) is 10.7. The number of nitrogens with one attached hydrogen (secondary N) is 2. The van der Waals surface area contributed by atoms with Gasteiger partial charge in [-0.3, -0.25) is 4.79 Å². The molecular weight excluding hydrogens is 324 g/mol. The summed E-state index contributed by atoms with van der Waals surface area (Å²) < 4.78 is 11.1. The molecule has 0 fully saturated rings. The highest BCUT2D eigenvalue weighted by Gasteiger charge is 2.10. The monoisotopic (exact) mass is 340 g/mol. The van der Waals surface area contributed by atoms with Crippen molar-refractivity contribution in [2.45, 2.75) is 4.34 Å². The van der Waals surface area contributed by atoms with Gasteiger partial charge in [-0.05, 0) is 12.1 Å². The van der Waals surface area contributed by atoms with Gasteiger partial charge in [0.25, 0.3) is 0 Å². The van der Waals surface area contributed by atoms with Crippen LogP contribution < -0.4 is 20.1 Å². The summed E-state index contributed by atoms with van der Waals surface area (Å²) in [5.74, 6) is 1.31. The van der Waals surface area contributed by atoms with Gasteiger partial charge in [0, 0.05) is 18.8 Å². The quantitative estimate of drug-likeness (QED) is 0.748. The van der Waals surface area contributed by atoms with Crippen LogP contribution >= 0.6 is 23.1 Å². The van der Waals surface area contributed by atoms with Crippen LogP contribution in [0.1, 0.15) is 0 Å². The van der Waals surface area contributed by atoms with Crippen molar-refractivity contribution in [3.05, 3.63) is 18.2 Å². The average Bonchev–Trinajstić information content (AvgIpc) is 3.01. The fraction of sp³-hybridized carbons (Fsp3) is 0.308. The van der Waals surface area contributed by atoms with Gasteiger partial charge in [-0.1, -0.05) is 23.1 Å². The van der Waals surface area contributed by atoms with Crippen molar-refractivity contribution in [3.8, 4) is 11.5 Å². The molecule has 7 nitrogen and oxygen atoms in total. The Labute approximate surface area is 136 Å². The first-order valence-electron chi connectivity index (χ1n) is 6.32. The lowest BCUT2D eigenvalue weighted by Gasteiger charge is -2.10. The molecule has 9 heteroatoms. The summed E-state index contributed by atoms with van der Waals surface area (Å²) in [7, 11) is 4.89. The van der Waals surface area contributed by atoms with E-state index < -0.39 is 0 Å². The first kappa shape index (κ1) is 16.4. The third-order valence-corrected chi connectivity index (χ3v) is 4.69. The number of methoxy groups -OCH3 is 2. The largest absolute Gasteiger partial charge is 0.493 e. The van der Waals surface area contributed by atoms with E-state index in [0.29, 0.717) is 17.2 Å². The number of amides is 1. The van der Waals surface area contributed by atoms with Gasteiger partial charge in [0.05, 0.1) is 20.0 Å². The molecule has 0 atom stereocenters. The molecule has 2 aromatic rings. The van der Waals surface area contributed by atoms with Crippen molar-refractivity contribution in [1.82, 2.24) is 10.2 Å². The molecule has 0 unspecified atom stereocenters. The van der Waals surface area contributed by atoms with Crippen LogP contribution in [0.15, 0.2) is 22.5 Å². The van der Waals surface area contributed by atoms with Crippen LogP contribution in [0.5, 0.6) is 11.5 Å². The van der Waals surface area contributed by atoms with Gasteiger partial charge in [0.1, 0.15) is 0 Å². The predicted molar refractivity (Wildman–Crippen MR) is 88.4 cm³/mol. The normalized spacial score (nSPS) is 10.1. The summed E-state index contributed by atoms with van der Waals surface area (Å²) in [4.78, 5) is 12.0. The molecule has 0 saturated heterocycles. The molecule has 22 heavy (non-hydrogen) atoms. The number of hydrogen-bond donors (Lipinski definition) is 2. The van der Waals surface area contributed by atoms with Crippen LogP contribution in [-0.4, -0.2) is 43.1 Å². The van der Waals surface area contributed by atoms with E-state index in [1.807, 2.05) is 0 Å². The molecule has 0 spiro atoms. The molecule has 0 radical (unpaired) electrons. The predicted octanol–water partition coefficient (Wildman–Crippen LogP) is 2.33. The van der Waals surface area contributed by atoms with Gasteiger partial charge in [-0.25, -0.2) is 0 Å². The summed E-state index contributed by atoms with van der Waals surface area (Å²) in [6.07, 6.45) is 0. The zero-order chi connectivity index (χ0) is 15.9. The zero-order valence-corrected chi connectivity index (χ0v) is 14.0. The fourth-order valence-electron chi connectivity index (χ4n) is 1.61. The summed E-state index contributed by atoms with van der Waals surface area (Å²) >= 11 is 2.74. The van der Waals surface area contributed by atoms with E-state index in [9.17, 15) is 4.79 Å². The van der Waals surface area contributed by atoms with Crippen LogP contribution in [0, 0.1) is 0 Å². The number of carbonyl (C=O) groups excluding carboxylic acids is 1. The number of carbonyl (C=O) groups is 1. The van der Waals surface area contributed by atoms with E-state index in [4.69, 9.17) is 9.47 Å². The zero-order valence-electron chi connectivity index (χ0n) is 12.4. The van der Waals surface area contributed by atoms with Gasteiger partial charge >= 0.3 is 0 Å². The third kappa shape index (κ3) is 4.25. The molecule has 0 saturated carbocycles. The second-order valence-corrected chi connectivity index (χ2v) is 6.23. The number of ether oxygens (including phenoxy) is 2. The van der Waals surface area contributed by atoms with Crippen molar-refractivity contribution < 1.29 is 14.3 Å². The summed E-state index contributed by atoms with van der Waals surface area (Å²) in [6, 6.07) is 5.21. The van der Waals surface area contributed by atoms with Gasteiger partial charge in [-0.15, -0.1) is 10.2 Å². The Balaban J connectivity index is 1.91. The molecule has 2 rings (SSSR count). The van der Waals surface area contributed by atoms with E-state index in [0.717, 1.165) is 9.47 Å². The third-order valence-electron chi connectivity index (χ3n) is 2.61. The Morgan fingerprint density at radius 2 is 2.05 bits per heavy atom. The highest BCUT2D eigenvalue weighted by molar-refractivity contribution is 8.01. The lowest BCUT2D eigenvalue weighted by Crippen LogP contribution is -2.14. The first-order valence-corrected chi connectivity index (χ1v) is 8.12. The van der Waals surface area contributed by atoms with E-state index in [1.165, 1.54) is 23.1 Å². The molecule has 1 aromatic carbocycles. The number of anilines is 2. The van der Waals surface area contributed by atoms with Crippen LogP contribution in [0.4, 0.5) is 10.8 Å². The van der Waals surface area contributed by atoms with Crippen LogP contribution in [0.2, 0.25) is 0 Å². The second-order valence-electron chi connectivity index (χ2n) is 4.03. The molecular formula is C13H16N4O3S2. The standard InChI is InChI=1S/C13H16N4O3S2/c1-14-12-16-17-13(22-12)21-7-11(18)15-8-4-5-9(19-2)10(6-8)20-3/h4-6H,7H2,1-3H3,(H,14,16)(H,15,18). The van der Waals surface area contributed by atoms with Crippen molar-refractivity contribution >= 4 is 39.8 Å². The molecule has 2 N–H and O–H groups in total. The molecule has 0 bridgehead atoms. The summed E-state index contributed by atoms with van der Waals surface area (Å²) in [6.45, 7) is 0. The van der Waals surface area contributed by atoms with Gasteiger partial charge < -0.3 is 20.1 Å². The number of hydrogen-bond acceptors (Lipinski definition) is 8. The topological polar surface area (TPSA) is 85.4 Å².